The van der Waals surface area contributed by atoms with Crippen LogP contribution in [0.2, 0.25) is 0 Å². The predicted molar refractivity (Wildman–Crippen MR) is 59.9 cm³/mol. The summed E-state index contributed by atoms with van der Waals surface area (Å²) < 4.78 is 0.820. The zero-order chi connectivity index (χ0) is 11.0. The summed E-state index contributed by atoms with van der Waals surface area (Å²) in [5.41, 5.74) is 2.55. The van der Waals surface area contributed by atoms with Crippen LogP contribution in [0.4, 0.5) is 0 Å². The highest BCUT2D eigenvalue weighted by molar-refractivity contribution is 9.10. The van der Waals surface area contributed by atoms with Crippen LogP contribution in [0, 0.1) is 6.92 Å². The largest absolute Gasteiger partial charge is 0.481 e. The van der Waals surface area contributed by atoms with Crippen LogP contribution in [0.3, 0.4) is 0 Å². The maximum atomic E-state index is 10.6. The molecule has 0 atom stereocenters. The average Bonchev–Trinajstić information content (AvgIpc) is 2.47. The maximum absolute atomic E-state index is 10.6. The van der Waals surface area contributed by atoms with Gasteiger partial charge in [0, 0.05) is 15.6 Å². The van der Waals surface area contributed by atoms with Crippen LogP contribution in [0.25, 0.3) is 10.9 Å². The van der Waals surface area contributed by atoms with Gasteiger partial charge >= 0.3 is 5.97 Å². The lowest BCUT2D eigenvalue weighted by Crippen LogP contribution is -1.99. The molecule has 0 bridgehead atoms. The molecule has 1 aromatic heterocycles. The van der Waals surface area contributed by atoms with Gasteiger partial charge in [0.1, 0.15) is 5.52 Å². The molecule has 1 aromatic carbocycles. The Kier molecular flexibility index (Phi) is 2.48. The Morgan fingerprint density at radius 2 is 2.33 bits per heavy atom. The van der Waals surface area contributed by atoms with Gasteiger partial charge in [0.25, 0.3) is 0 Å². The van der Waals surface area contributed by atoms with Gasteiger partial charge in [-0.25, -0.2) is 0 Å². The third-order valence-electron chi connectivity index (χ3n) is 2.22. The molecule has 0 fully saturated rings. The van der Waals surface area contributed by atoms with E-state index in [1.54, 1.807) is 6.07 Å². The van der Waals surface area contributed by atoms with E-state index < -0.39 is 5.97 Å². The molecule has 0 aliphatic heterocycles. The van der Waals surface area contributed by atoms with E-state index in [9.17, 15) is 4.79 Å². The second-order valence-electron chi connectivity index (χ2n) is 3.39. The quantitative estimate of drug-likeness (QED) is 0.878. The van der Waals surface area contributed by atoms with Crippen LogP contribution >= 0.6 is 15.9 Å². The van der Waals surface area contributed by atoms with Gasteiger partial charge in [0.2, 0.25) is 0 Å². The van der Waals surface area contributed by atoms with Crippen LogP contribution in [0.5, 0.6) is 0 Å². The van der Waals surface area contributed by atoms with Gasteiger partial charge in [-0.05, 0) is 40.5 Å². The molecule has 0 unspecified atom stereocenters. The van der Waals surface area contributed by atoms with E-state index in [-0.39, 0.29) is 6.42 Å². The van der Waals surface area contributed by atoms with E-state index in [2.05, 4.69) is 26.1 Å². The van der Waals surface area contributed by atoms with Crippen LogP contribution in [-0.4, -0.2) is 21.3 Å². The van der Waals surface area contributed by atoms with Gasteiger partial charge < -0.3 is 5.11 Å². The van der Waals surface area contributed by atoms with Crippen molar-refractivity contribution < 1.29 is 9.90 Å². The van der Waals surface area contributed by atoms with E-state index in [4.69, 9.17) is 5.11 Å². The number of aliphatic carboxylic acids is 1. The Labute approximate surface area is 94.4 Å². The van der Waals surface area contributed by atoms with E-state index in [0.29, 0.717) is 0 Å². The molecule has 0 amide bonds. The van der Waals surface area contributed by atoms with Gasteiger partial charge in [0.15, 0.2) is 0 Å². The number of halogens is 1. The molecule has 2 N–H and O–H groups in total. The lowest BCUT2D eigenvalue weighted by atomic mass is 10.1. The molecular weight excluding hydrogens is 260 g/mol. The summed E-state index contributed by atoms with van der Waals surface area (Å²) in [7, 11) is 0. The summed E-state index contributed by atoms with van der Waals surface area (Å²) in [5, 5.41) is 16.7. The van der Waals surface area contributed by atoms with Crippen LogP contribution in [-0.2, 0) is 11.2 Å². The normalized spacial score (nSPS) is 10.8. The van der Waals surface area contributed by atoms with E-state index in [1.165, 1.54) is 0 Å². The number of aromatic amines is 1. The SMILES string of the molecule is Cc1[nH]nc2c(Br)cc(CC(=O)O)cc12. The monoisotopic (exact) mass is 268 g/mol. The Balaban J connectivity index is 2.59. The van der Waals surface area contributed by atoms with Crippen molar-refractivity contribution in [3.63, 3.8) is 0 Å². The van der Waals surface area contributed by atoms with E-state index in [0.717, 1.165) is 26.6 Å². The minimum atomic E-state index is -0.831. The summed E-state index contributed by atoms with van der Waals surface area (Å²) in [6.07, 6.45) is 0.0269. The fourth-order valence-electron chi connectivity index (χ4n) is 1.53. The average molecular weight is 269 g/mol. The lowest BCUT2D eigenvalue weighted by molar-refractivity contribution is -0.136. The summed E-state index contributed by atoms with van der Waals surface area (Å²) in [5.74, 6) is -0.831. The van der Waals surface area contributed by atoms with Crippen LogP contribution in [0.15, 0.2) is 16.6 Å². The van der Waals surface area contributed by atoms with Gasteiger partial charge in [0.05, 0.1) is 6.42 Å². The van der Waals surface area contributed by atoms with E-state index >= 15 is 0 Å². The first-order valence-corrected chi connectivity index (χ1v) is 5.22. The molecule has 0 radical (unpaired) electrons. The molecule has 2 aromatic rings. The lowest BCUT2D eigenvalue weighted by Gasteiger charge is -2.00. The van der Waals surface area contributed by atoms with Gasteiger partial charge in [-0.15, -0.1) is 0 Å². The van der Waals surface area contributed by atoms with Crippen LogP contribution in [0.1, 0.15) is 11.3 Å². The first-order chi connectivity index (χ1) is 7.08. The van der Waals surface area contributed by atoms with Gasteiger partial charge in [-0.1, -0.05) is 0 Å². The van der Waals surface area contributed by atoms with Crippen molar-refractivity contribution in [1.82, 2.24) is 10.2 Å². The molecule has 0 spiro atoms. The van der Waals surface area contributed by atoms with E-state index in [1.807, 2.05) is 13.0 Å². The molecule has 78 valence electrons. The summed E-state index contributed by atoms with van der Waals surface area (Å²) in [6, 6.07) is 3.64. The fourth-order valence-corrected chi connectivity index (χ4v) is 2.13. The number of benzene rings is 1. The molecule has 0 aliphatic rings. The number of hydrogen-bond donors (Lipinski definition) is 2. The second kappa shape index (κ2) is 3.66. The van der Waals surface area contributed by atoms with Crippen molar-refractivity contribution in [3.8, 4) is 0 Å². The number of aryl methyl sites for hydroxylation is 1. The number of carbonyl (C=O) groups is 1. The van der Waals surface area contributed by atoms with Crippen LogP contribution < -0.4 is 0 Å². The minimum absolute atomic E-state index is 0.0269. The van der Waals surface area contributed by atoms with Crippen molar-refractivity contribution in [2.24, 2.45) is 0 Å². The number of carboxylic acid groups (broad SMARTS) is 1. The molecule has 2 rings (SSSR count). The number of nitrogens with zero attached hydrogens (tertiary/aromatic N) is 1. The zero-order valence-electron chi connectivity index (χ0n) is 8.04. The number of aromatic nitrogens is 2. The minimum Gasteiger partial charge on any atom is -0.481 e. The molecule has 4 nitrogen and oxygen atoms in total. The number of hydrogen-bond acceptors (Lipinski definition) is 2. The summed E-state index contributed by atoms with van der Waals surface area (Å²) >= 11 is 3.38. The Bertz CT molecular complexity index is 533. The third kappa shape index (κ3) is 1.87. The number of fused-ring (bicyclic) bond motifs is 1. The number of nitrogens with one attached hydrogen (secondary N) is 1. The van der Waals surface area contributed by atoms with Crippen molar-refractivity contribution in [3.05, 3.63) is 27.9 Å². The standard InChI is InChI=1S/C10H9BrN2O2/c1-5-7-2-6(4-9(14)15)3-8(11)10(7)13-12-5/h2-3H,4H2,1H3,(H,12,13)(H,14,15). The molecule has 1 heterocycles. The Morgan fingerprint density at radius 3 is 3.00 bits per heavy atom. The molecule has 0 saturated heterocycles. The zero-order valence-corrected chi connectivity index (χ0v) is 9.63. The van der Waals surface area contributed by atoms with Gasteiger partial charge in [-0.2, -0.15) is 5.10 Å². The highest BCUT2D eigenvalue weighted by Crippen LogP contribution is 2.26. The summed E-state index contributed by atoms with van der Waals surface area (Å²) in [6.45, 7) is 1.91. The molecule has 15 heavy (non-hydrogen) atoms. The molecule has 0 saturated carbocycles. The van der Waals surface area contributed by atoms with Crippen molar-refractivity contribution in [2.45, 2.75) is 13.3 Å². The van der Waals surface area contributed by atoms with Crippen molar-refractivity contribution in [1.29, 1.82) is 0 Å². The number of carboxylic acids is 1. The number of H-pyrrole nitrogens is 1. The Hall–Kier alpha value is -1.36. The highest BCUT2D eigenvalue weighted by Gasteiger charge is 2.09. The second-order valence-corrected chi connectivity index (χ2v) is 4.25. The molecule has 5 heteroatoms. The molecular formula is C10H9BrN2O2. The molecule has 0 aliphatic carbocycles. The Morgan fingerprint density at radius 1 is 1.60 bits per heavy atom. The van der Waals surface area contributed by atoms with Gasteiger partial charge in [-0.3, -0.25) is 9.89 Å². The fraction of sp³-hybridized carbons (Fsp3) is 0.200. The maximum Gasteiger partial charge on any atom is 0.307 e. The smallest absolute Gasteiger partial charge is 0.307 e. The first kappa shape index (κ1) is 10.2. The van der Waals surface area contributed by atoms with Crippen molar-refractivity contribution >= 4 is 32.8 Å². The predicted octanol–water partition coefficient (Wildman–Crippen LogP) is 2.26. The topological polar surface area (TPSA) is 66.0 Å². The third-order valence-corrected chi connectivity index (χ3v) is 2.82. The number of rotatable bonds is 2. The summed E-state index contributed by atoms with van der Waals surface area (Å²) in [4.78, 5) is 10.6. The first-order valence-electron chi connectivity index (χ1n) is 4.43. The highest BCUT2D eigenvalue weighted by atomic mass is 79.9. The van der Waals surface area contributed by atoms with Crippen molar-refractivity contribution in [2.75, 3.05) is 0 Å².